The van der Waals surface area contributed by atoms with E-state index in [0.29, 0.717) is 18.4 Å². The van der Waals surface area contributed by atoms with Crippen molar-refractivity contribution < 1.29 is 15.0 Å². The fraction of sp³-hybridized carbons (Fsp3) is 0.963. The molecule has 0 aromatic rings. The topological polar surface area (TPSA) is 64.0 Å². The first-order valence-corrected chi connectivity index (χ1v) is 13.7. The van der Waals surface area contributed by atoms with Crippen LogP contribution >= 0.6 is 0 Å². The zero-order valence-electron chi connectivity index (χ0n) is 21.8. The number of carbonyl (C=O) groups is 1. The Morgan fingerprint density at radius 2 is 1.16 bits per heavy atom. The quantitative estimate of drug-likeness (QED) is 0.181. The molecule has 0 saturated heterocycles. The van der Waals surface area contributed by atoms with Crippen LogP contribution in [-0.2, 0) is 4.79 Å². The third kappa shape index (κ3) is 18.9. The monoisotopic (exact) mass is 456 g/mol. The molecule has 0 fully saturated rings. The highest BCUT2D eigenvalue weighted by Crippen LogP contribution is 2.21. The van der Waals surface area contributed by atoms with Crippen molar-refractivity contribution in [2.24, 2.45) is 0 Å². The molecule has 5 heteroatoms. The Morgan fingerprint density at radius 1 is 0.656 bits per heavy atom. The van der Waals surface area contributed by atoms with Crippen LogP contribution in [0.4, 0.5) is 0 Å². The summed E-state index contributed by atoms with van der Waals surface area (Å²) in [6.07, 6.45) is 19.9. The first-order chi connectivity index (χ1) is 15.6. The van der Waals surface area contributed by atoms with E-state index in [9.17, 15) is 4.79 Å². The normalized spacial score (nSPS) is 12.4. The standard InChI is InChI=1S/C27H56N2O3/c1-4-5-6-7-8-9-13-19-26(20-14-10-11-16-24-30)29(23-15-12-17-25-31)27(32)21-18-22-28(2)3/h26,30-31H,4-25H2,1-3H3. The van der Waals surface area contributed by atoms with Crippen molar-refractivity contribution in [2.75, 3.05) is 40.4 Å². The molecule has 0 aromatic heterocycles. The third-order valence-corrected chi connectivity index (χ3v) is 6.40. The molecule has 2 N–H and O–H groups in total. The second-order valence-corrected chi connectivity index (χ2v) is 9.77. The van der Waals surface area contributed by atoms with Crippen molar-refractivity contribution in [1.29, 1.82) is 0 Å². The predicted octanol–water partition coefficient (Wildman–Crippen LogP) is 5.77. The molecule has 0 spiro atoms. The van der Waals surface area contributed by atoms with Crippen LogP contribution in [0.25, 0.3) is 0 Å². The predicted molar refractivity (Wildman–Crippen MR) is 137 cm³/mol. The van der Waals surface area contributed by atoms with Gasteiger partial charge >= 0.3 is 0 Å². The Hall–Kier alpha value is -0.650. The van der Waals surface area contributed by atoms with Crippen LogP contribution in [0.3, 0.4) is 0 Å². The maximum atomic E-state index is 13.2. The molecule has 1 unspecified atom stereocenters. The molecule has 5 nitrogen and oxygen atoms in total. The van der Waals surface area contributed by atoms with E-state index in [4.69, 9.17) is 10.2 Å². The van der Waals surface area contributed by atoms with Gasteiger partial charge in [-0.25, -0.2) is 0 Å². The molecular formula is C27H56N2O3. The van der Waals surface area contributed by atoms with Crippen molar-refractivity contribution >= 4 is 5.91 Å². The Kier molecular flexibility index (Phi) is 23.0. The highest BCUT2D eigenvalue weighted by molar-refractivity contribution is 5.76. The van der Waals surface area contributed by atoms with E-state index in [-0.39, 0.29) is 13.2 Å². The maximum Gasteiger partial charge on any atom is 0.222 e. The first-order valence-electron chi connectivity index (χ1n) is 13.7. The van der Waals surface area contributed by atoms with Crippen LogP contribution < -0.4 is 0 Å². The number of carbonyl (C=O) groups excluding carboxylic acids is 1. The summed E-state index contributed by atoms with van der Waals surface area (Å²) in [7, 11) is 4.12. The molecule has 0 rings (SSSR count). The summed E-state index contributed by atoms with van der Waals surface area (Å²) in [5, 5.41) is 18.2. The van der Waals surface area contributed by atoms with Gasteiger partial charge in [0.1, 0.15) is 0 Å². The van der Waals surface area contributed by atoms with Gasteiger partial charge in [0, 0.05) is 32.2 Å². The Bertz CT molecular complexity index is 404. The van der Waals surface area contributed by atoms with Crippen molar-refractivity contribution in [3.05, 3.63) is 0 Å². The average molecular weight is 457 g/mol. The first kappa shape index (κ1) is 31.4. The summed E-state index contributed by atoms with van der Waals surface area (Å²) in [5.41, 5.74) is 0. The van der Waals surface area contributed by atoms with Crippen LogP contribution in [0.1, 0.15) is 122 Å². The molecule has 0 aliphatic carbocycles. The number of nitrogens with zero attached hydrogens (tertiary/aromatic N) is 2. The van der Waals surface area contributed by atoms with Crippen molar-refractivity contribution in [2.45, 2.75) is 129 Å². The Labute approximate surface area is 199 Å². The van der Waals surface area contributed by atoms with Gasteiger partial charge in [0.2, 0.25) is 5.91 Å². The minimum Gasteiger partial charge on any atom is -0.396 e. The molecule has 0 aliphatic heterocycles. The molecule has 0 aromatic carbocycles. The van der Waals surface area contributed by atoms with Crippen LogP contribution in [-0.4, -0.2) is 72.4 Å². The SMILES string of the molecule is CCCCCCCCCC(CCCCCCO)N(CCCCCO)C(=O)CCCN(C)C. The molecule has 1 atom stereocenters. The number of hydrogen-bond acceptors (Lipinski definition) is 4. The summed E-state index contributed by atoms with van der Waals surface area (Å²) < 4.78 is 0. The van der Waals surface area contributed by atoms with Gasteiger partial charge in [-0.1, -0.05) is 71.1 Å². The number of aliphatic hydroxyl groups is 2. The molecule has 1 amide bonds. The van der Waals surface area contributed by atoms with E-state index in [1.54, 1.807) is 0 Å². The highest BCUT2D eigenvalue weighted by atomic mass is 16.3. The van der Waals surface area contributed by atoms with E-state index < -0.39 is 0 Å². The fourth-order valence-electron chi connectivity index (χ4n) is 4.41. The summed E-state index contributed by atoms with van der Waals surface area (Å²) >= 11 is 0. The third-order valence-electron chi connectivity index (χ3n) is 6.40. The largest absolute Gasteiger partial charge is 0.396 e. The number of hydrogen-bond donors (Lipinski definition) is 2. The molecule has 192 valence electrons. The van der Waals surface area contributed by atoms with E-state index in [0.717, 1.165) is 77.3 Å². The smallest absolute Gasteiger partial charge is 0.222 e. The second-order valence-electron chi connectivity index (χ2n) is 9.77. The molecular weight excluding hydrogens is 400 g/mol. The lowest BCUT2D eigenvalue weighted by Gasteiger charge is -2.33. The lowest BCUT2D eigenvalue weighted by atomic mass is 9.98. The van der Waals surface area contributed by atoms with Crippen molar-refractivity contribution in [3.63, 3.8) is 0 Å². The zero-order valence-corrected chi connectivity index (χ0v) is 21.8. The average Bonchev–Trinajstić information content (AvgIpc) is 2.77. The number of rotatable bonds is 24. The van der Waals surface area contributed by atoms with Crippen molar-refractivity contribution in [3.8, 4) is 0 Å². The van der Waals surface area contributed by atoms with Gasteiger partial charge in [0.05, 0.1) is 0 Å². The molecule has 0 saturated carbocycles. The van der Waals surface area contributed by atoms with E-state index >= 15 is 0 Å². The molecule has 32 heavy (non-hydrogen) atoms. The molecule has 0 radical (unpaired) electrons. The van der Waals surface area contributed by atoms with Crippen LogP contribution in [0.2, 0.25) is 0 Å². The maximum absolute atomic E-state index is 13.2. The lowest BCUT2D eigenvalue weighted by molar-refractivity contribution is -0.134. The van der Waals surface area contributed by atoms with E-state index in [2.05, 4.69) is 30.8 Å². The number of aliphatic hydroxyl groups excluding tert-OH is 2. The molecule has 0 bridgehead atoms. The summed E-state index contributed by atoms with van der Waals surface area (Å²) in [4.78, 5) is 17.6. The van der Waals surface area contributed by atoms with E-state index in [1.165, 1.54) is 44.9 Å². The van der Waals surface area contributed by atoms with Crippen molar-refractivity contribution in [1.82, 2.24) is 9.80 Å². The Morgan fingerprint density at radius 3 is 1.69 bits per heavy atom. The lowest BCUT2D eigenvalue weighted by Crippen LogP contribution is -2.41. The summed E-state index contributed by atoms with van der Waals surface area (Å²) in [6.45, 7) is 4.56. The summed E-state index contributed by atoms with van der Waals surface area (Å²) in [5.74, 6) is 0.319. The fourth-order valence-corrected chi connectivity index (χ4v) is 4.41. The van der Waals surface area contributed by atoms with Gasteiger partial charge in [-0.2, -0.15) is 0 Å². The van der Waals surface area contributed by atoms with Gasteiger partial charge in [-0.15, -0.1) is 0 Å². The van der Waals surface area contributed by atoms with Gasteiger partial charge in [-0.3, -0.25) is 4.79 Å². The minimum atomic E-state index is 0.239. The Balaban J connectivity index is 4.84. The second kappa shape index (κ2) is 23.5. The highest BCUT2D eigenvalue weighted by Gasteiger charge is 2.22. The number of amides is 1. The summed E-state index contributed by atoms with van der Waals surface area (Å²) in [6, 6.07) is 0.348. The van der Waals surface area contributed by atoms with Gasteiger partial charge in [-0.05, 0) is 65.6 Å². The minimum absolute atomic E-state index is 0.239. The van der Waals surface area contributed by atoms with Gasteiger partial charge in [0.25, 0.3) is 0 Å². The van der Waals surface area contributed by atoms with E-state index in [1.807, 2.05) is 0 Å². The van der Waals surface area contributed by atoms with Gasteiger partial charge < -0.3 is 20.0 Å². The van der Waals surface area contributed by atoms with Gasteiger partial charge in [0.15, 0.2) is 0 Å². The van der Waals surface area contributed by atoms with Crippen LogP contribution in [0.15, 0.2) is 0 Å². The number of unbranched alkanes of at least 4 members (excludes halogenated alkanes) is 11. The van der Waals surface area contributed by atoms with Crippen LogP contribution in [0.5, 0.6) is 0 Å². The molecule has 0 aliphatic rings. The zero-order chi connectivity index (χ0) is 23.9. The molecule has 0 heterocycles. The van der Waals surface area contributed by atoms with Crippen LogP contribution in [0, 0.1) is 0 Å².